The average molecular weight is 403 g/mol. The van der Waals surface area contributed by atoms with Crippen LogP contribution in [0.1, 0.15) is 15.9 Å². The maximum absolute atomic E-state index is 13.5. The maximum atomic E-state index is 13.5. The van der Waals surface area contributed by atoms with Crippen LogP contribution in [0.4, 0.5) is 4.39 Å². The number of hydrogen-bond acceptors (Lipinski definition) is 2. The summed E-state index contributed by atoms with van der Waals surface area (Å²) in [5.74, 6) is -0.376. The molecule has 0 aliphatic carbocycles. The molecule has 2 aromatic rings. The van der Waals surface area contributed by atoms with Gasteiger partial charge in [0.1, 0.15) is 18.2 Å². The van der Waals surface area contributed by atoms with Crippen molar-refractivity contribution >= 4 is 37.8 Å². The monoisotopic (exact) mass is 401 g/mol. The first-order chi connectivity index (χ1) is 9.49. The van der Waals surface area contributed by atoms with E-state index in [2.05, 4.69) is 31.9 Å². The molecule has 104 valence electrons. The van der Waals surface area contributed by atoms with Crippen LogP contribution in [0, 0.1) is 5.82 Å². The highest BCUT2D eigenvalue weighted by atomic mass is 79.9. The fraction of sp³-hybridized carbons (Fsp3) is 0.0714. The number of halogens is 3. The van der Waals surface area contributed by atoms with E-state index in [1.807, 2.05) is 0 Å². The zero-order valence-electron chi connectivity index (χ0n) is 10.2. The molecular weight excluding hydrogens is 393 g/mol. The number of nitrogens with two attached hydrogens (primary N) is 1. The highest BCUT2D eigenvalue weighted by Crippen LogP contribution is 2.35. The summed E-state index contributed by atoms with van der Waals surface area (Å²) in [5, 5.41) is 0. The molecule has 2 rings (SSSR count). The Morgan fingerprint density at radius 3 is 2.35 bits per heavy atom. The zero-order valence-corrected chi connectivity index (χ0v) is 13.4. The van der Waals surface area contributed by atoms with E-state index >= 15 is 0 Å². The molecule has 1 amide bonds. The van der Waals surface area contributed by atoms with Crippen LogP contribution < -0.4 is 10.5 Å². The summed E-state index contributed by atoms with van der Waals surface area (Å²) in [6.07, 6.45) is 0. The third kappa shape index (κ3) is 3.37. The van der Waals surface area contributed by atoms with Crippen molar-refractivity contribution in [2.24, 2.45) is 5.73 Å². The van der Waals surface area contributed by atoms with E-state index < -0.39 is 5.91 Å². The van der Waals surface area contributed by atoms with Crippen molar-refractivity contribution in [3.8, 4) is 5.75 Å². The van der Waals surface area contributed by atoms with Crippen molar-refractivity contribution in [3.05, 3.63) is 62.3 Å². The molecule has 3 nitrogen and oxygen atoms in total. The summed E-state index contributed by atoms with van der Waals surface area (Å²) in [6, 6.07) is 9.50. The fourth-order valence-corrected chi connectivity index (χ4v) is 3.02. The first-order valence-corrected chi connectivity index (χ1v) is 7.22. The second-order valence-corrected chi connectivity index (χ2v) is 5.72. The Kier molecular flexibility index (Phi) is 4.77. The van der Waals surface area contributed by atoms with Crippen molar-refractivity contribution in [2.75, 3.05) is 0 Å². The Morgan fingerprint density at radius 1 is 1.20 bits per heavy atom. The van der Waals surface area contributed by atoms with E-state index in [1.165, 1.54) is 6.07 Å². The van der Waals surface area contributed by atoms with Crippen molar-refractivity contribution in [3.63, 3.8) is 0 Å². The molecule has 20 heavy (non-hydrogen) atoms. The first kappa shape index (κ1) is 15.0. The number of benzene rings is 2. The number of primary amides is 1. The predicted molar refractivity (Wildman–Crippen MR) is 81.1 cm³/mol. The number of carbonyl (C=O) groups excluding carboxylic acids is 1. The molecule has 0 spiro atoms. The van der Waals surface area contributed by atoms with E-state index in [4.69, 9.17) is 10.5 Å². The Hall–Kier alpha value is -1.40. The van der Waals surface area contributed by atoms with Gasteiger partial charge in [-0.25, -0.2) is 4.39 Å². The summed E-state index contributed by atoms with van der Waals surface area (Å²) < 4.78 is 20.2. The summed E-state index contributed by atoms with van der Waals surface area (Å²) in [4.78, 5) is 11.1. The molecule has 0 heterocycles. The zero-order chi connectivity index (χ0) is 14.7. The Labute approximate surface area is 132 Å². The molecule has 0 bridgehead atoms. The second-order valence-electron chi connectivity index (χ2n) is 4.01. The van der Waals surface area contributed by atoms with Crippen molar-refractivity contribution in [2.45, 2.75) is 6.61 Å². The van der Waals surface area contributed by atoms with Crippen LogP contribution >= 0.6 is 31.9 Å². The fourth-order valence-electron chi connectivity index (χ4n) is 1.61. The minimum Gasteiger partial charge on any atom is -0.486 e. The van der Waals surface area contributed by atoms with Gasteiger partial charge in [-0.05, 0) is 50.1 Å². The third-order valence-corrected chi connectivity index (χ3v) is 3.79. The molecule has 0 atom stereocenters. The molecule has 0 fully saturated rings. The van der Waals surface area contributed by atoms with Crippen LogP contribution in [-0.4, -0.2) is 5.91 Å². The molecule has 0 unspecified atom stereocenters. The van der Waals surface area contributed by atoms with Gasteiger partial charge in [-0.1, -0.05) is 18.2 Å². The molecule has 0 aromatic heterocycles. The molecule has 2 N–H and O–H groups in total. The minimum absolute atomic E-state index is 0.0831. The molecule has 0 saturated heterocycles. The number of rotatable bonds is 4. The first-order valence-electron chi connectivity index (χ1n) is 5.64. The van der Waals surface area contributed by atoms with Gasteiger partial charge in [0.2, 0.25) is 5.91 Å². The lowest BCUT2D eigenvalue weighted by Crippen LogP contribution is -2.11. The normalized spacial score (nSPS) is 10.3. The molecule has 6 heteroatoms. The van der Waals surface area contributed by atoms with Crippen LogP contribution in [-0.2, 0) is 6.61 Å². The molecule has 2 aromatic carbocycles. The largest absolute Gasteiger partial charge is 0.486 e. The minimum atomic E-state index is -0.535. The summed E-state index contributed by atoms with van der Waals surface area (Å²) in [7, 11) is 0. The van der Waals surface area contributed by atoms with Gasteiger partial charge in [0.15, 0.2) is 0 Å². The highest BCUT2D eigenvalue weighted by molar-refractivity contribution is 9.11. The van der Waals surface area contributed by atoms with Crippen molar-refractivity contribution in [1.82, 2.24) is 0 Å². The summed E-state index contributed by atoms with van der Waals surface area (Å²) in [6.45, 7) is 0.0831. The lowest BCUT2D eigenvalue weighted by molar-refractivity contribution is 0.1000. The van der Waals surface area contributed by atoms with Crippen LogP contribution in [0.5, 0.6) is 5.75 Å². The standard InChI is InChI=1S/C14H10Br2FNO2/c15-10-5-9(14(18)19)6-11(16)13(10)20-7-8-3-1-2-4-12(8)17/h1-6H,7H2,(H2,18,19). The molecule has 0 aliphatic heterocycles. The molecule has 0 radical (unpaired) electrons. The molecular formula is C14H10Br2FNO2. The summed E-state index contributed by atoms with van der Waals surface area (Å²) in [5.41, 5.74) is 6.01. The van der Waals surface area contributed by atoms with Gasteiger partial charge in [-0.2, -0.15) is 0 Å². The average Bonchev–Trinajstić information content (AvgIpc) is 2.39. The van der Waals surface area contributed by atoms with E-state index in [0.29, 0.717) is 25.8 Å². The second kappa shape index (κ2) is 6.37. The third-order valence-electron chi connectivity index (χ3n) is 2.61. The van der Waals surface area contributed by atoms with Crippen molar-refractivity contribution in [1.29, 1.82) is 0 Å². The lowest BCUT2D eigenvalue weighted by atomic mass is 10.2. The van der Waals surface area contributed by atoms with Gasteiger partial charge in [0.25, 0.3) is 0 Å². The van der Waals surface area contributed by atoms with E-state index in [9.17, 15) is 9.18 Å². The number of ether oxygens (including phenoxy) is 1. The highest BCUT2D eigenvalue weighted by Gasteiger charge is 2.12. The van der Waals surface area contributed by atoms with Crippen molar-refractivity contribution < 1.29 is 13.9 Å². The van der Waals surface area contributed by atoms with Gasteiger partial charge < -0.3 is 10.5 Å². The topological polar surface area (TPSA) is 52.3 Å². The Morgan fingerprint density at radius 2 is 1.80 bits per heavy atom. The number of carbonyl (C=O) groups is 1. The van der Waals surface area contributed by atoms with Gasteiger partial charge in [0.05, 0.1) is 8.95 Å². The van der Waals surface area contributed by atoms with Crippen LogP contribution in [0.15, 0.2) is 45.3 Å². The number of amides is 1. The van der Waals surface area contributed by atoms with Crippen LogP contribution in [0.3, 0.4) is 0 Å². The number of hydrogen-bond donors (Lipinski definition) is 1. The van der Waals surface area contributed by atoms with Gasteiger partial charge in [-0.3, -0.25) is 4.79 Å². The van der Waals surface area contributed by atoms with Gasteiger partial charge >= 0.3 is 0 Å². The molecule has 0 aliphatic rings. The lowest BCUT2D eigenvalue weighted by Gasteiger charge is -2.12. The van der Waals surface area contributed by atoms with E-state index in [0.717, 1.165) is 0 Å². The molecule has 0 saturated carbocycles. The summed E-state index contributed by atoms with van der Waals surface area (Å²) >= 11 is 6.60. The van der Waals surface area contributed by atoms with E-state index in [1.54, 1.807) is 30.3 Å². The maximum Gasteiger partial charge on any atom is 0.248 e. The van der Waals surface area contributed by atoms with Crippen LogP contribution in [0.25, 0.3) is 0 Å². The Bertz CT molecular complexity index is 638. The van der Waals surface area contributed by atoms with Gasteiger partial charge in [-0.15, -0.1) is 0 Å². The van der Waals surface area contributed by atoms with Crippen LogP contribution in [0.2, 0.25) is 0 Å². The SMILES string of the molecule is NC(=O)c1cc(Br)c(OCc2ccccc2F)c(Br)c1. The smallest absolute Gasteiger partial charge is 0.248 e. The van der Waals surface area contributed by atoms with E-state index in [-0.39, 0.29) is 12.4 Å². The quantitative estimate of drug-likeness (QED) is 0.839. The Balaban J connectivity index is 2.22. The van der Waals surface area contributed by atoms with Gasteiger partial charge in [0, 0.05) is 11.1 Å². The predicted octanol–water partition coefficient (Wildman–Crippen LogP) is 4.03.